The number of methoxy groups -OCH3 is 1. The quantitative estimate of drug-likeness (QED) is 0.253. The number of ether oxygens (including phenoxy) is 1. The number of carbonyl (C=O) groups excluding carboxylic acids is 1. The molecule has 1 aromatic heterocycles. The fourth-order valence-corrected chi connectivity index (χ4v) is 4.16. The van der Waals surface area contributed by atoms with Gasteiger partial charge in [-0.2, -0.15) is 0 Å². The molecule has 0 N–H and O–H groups in total. The van der Waals surface area contributed by atoms with Crippen molar-refractivity contribution in [1.82, 2.24) is 9.88 Å². The van der Waals surface area contributed by atoms with Gasteiger partial charge in [-0.3, -0.25) is 19.8 Å². The van der Waals surface area contributed by atoms with E-state index >= 15 is 0 Å². The van der Waals surface area contributed by atoms with Crippen molar-refractivity contribution in [2.75, 3.05) is 38.2 Å². The minimum absolute atomic E-state index is 0.0132. The summed E-state index contributed by atoms with van der Waals surface area (Å²) in [5.41, 5.74) is 1.50. The molecule has 3 rings (SSSR count). The topological polar surface area (TPSA) is 88.8 Å². The van der Waals surface area contributed by atoms with Crippen LogP contribution in [-0.4, -0.2) is 54.0 Å². The maximum absolute atomic E-state index is 13.1. The molecule has 0 bridgehead atoms. The molecule has 32 heavy (non-hydrogen) atoms. The van der Waals surface area contributed by atoms with Crippen LogP contribution in [0.5, 0.6) is 5.75 Å². The number of amides is 1. The van der Waals surface area contributed by atoms with Crippen molar-refractivity contribution in [3.05, 3.63) is 64.2 Å². The van der Waals surface area contributed by atoms with Gasteiger partial charge in [0.05, 0.1) is 22.2 Å². The molecule has 168 valence electrons. The summed E-state index contributed by atoms with van der Waals surface area (Å²) in [6.45, 7) is 7.20. The highest BCUT2D eigenvalue weighted by atomic mass is 32.1. The van der Waals surface area contributed by atoms with E-state index in [-0.39, 0.29) is 11.6 Å². The smallest absolute Gasteiger partial charge is 0.269 e. The Hall–Kier alpha value is -3.30. The number of hydrogen-bond donors (Lipinski definition) is 0. The second-order valence-electron chi connectivity index (χ2n) is 7.03. The zero-order chi connectivity index (χ0) is 23.1. The van der Waals surface area contributed by atoms with Crippen molar-refractivity contribution in [1.29, 1.82) is 0 Å². The number of thiazole rings is 1. The Morgan fingerprint density at radius 1 is 1.16 bits per heavy atom. The van der Waals surface area contributed by atoms with Crippen LogP contribution in [-0.2, 0) is 4.79 Å². The van der Waals surface area contributed by atoms with Crippen molar-refractivity contribution >= 4 is 44.4 Å². The van der Waals surface area contributed by atoms with Gasteiger partial charge in [-0.05, 0) is 49.0 Å². The Labute approximate surface area is 190 Å². The van der Waals surface area contributed by atoms with E-state index in [4.69, 9.17) is 4.74 Å². The minimum Gasteiger partial charge on any atom is -0.497 e. The molecular weight excluding hydrogens is 428 g/mol. The van der Waals surface area contributed by atoms with Gasteiger partial charge in [0, 0.05) is 37.4 Å². The Bertz CT molecular complexity index is 1110. The van der Waals surface area contributed by atoms with Crippen LogP contribution in [0.3, 0.4) is 0 Å². The average molecular weight is 455 g/mol. The molecule has 0 aliphatic rings. The van der Waals surface area contributed by atoms with E-state index in [1.54, 1.807) is 30.2 Å². The Kier molecular flexibility index (Phi) is 7.91. The molecule has 0 radical (unpaired) electrons. The number of likely N-dealkylation sites (N-methyl/N-ethyl adjacent to an activating group) is 1. The van der Waals surface area contributed by atoms with Gasteiger partial charge >= 0.3 is 0 Å². The molecule has 8 nitrogen and oxygen atoms in total. The van der Waals surface area contributed by atoms with E-state index in [2.05, 4.69) is 23.7 Å². The largest absolute Gasteiger partial charge is 0.497 e. The monoisotopic (exact) mass is 454 g/mol. The summed E-state index contributed by atoms with van der Waals surface area (Å²) >= 11 is 1.46. The molecule has 0 fully saturated rings. The van der Waals surface area contributed by atoms with Gasteiger partial charge in [0.2, 0.25) is 0 Å². The fraction of sp³-hybridized carbons (Fsp3) is 0.304. The van der Waals surface area contributed by atoms with Gasteiger partial charge in [-0.1, -0.05) is 25.2 Å². The van der Waals surface area contributed by atoms with Crippen LogP contribution in [0.4, 0.5) is 10.8 Å². The van der Waals surface area contributed by atoms with Crippen molar-refractivity contribution in [2.24, 2.45) is 0 Å². The lowest BCUT2D eigenvalue weighted by Gasteiger charge is -2.23. The van der Waals surface area contributed by atoms with E-state index in [9.17, 15) is 14.9 Å². The SMILES string of the molecule is CCN(CC)CCN(C(=O)/C=C\c1ccc([N+](=O)[O-])cc1)c1nc2cc(OC)ccc2s1. The molecule has 0 atom stereocenters. The maximum atomic E-state index is 13.1. The first kappa shape index (κ1) is 23.4. The normalized spacial score (nSPS) is 11.4. The van der Waals surface area contributed by atoms with Crippen LogP contribution < -0.4 is 9.64 Å². The Morgan fingerprint density at radius 2 is 1.88 bits per heavy atom. The molecule has 1 amide bonds. The van der Waals surface area contributed by atoms with Crippen LogP contribution in [0.25, 0.3) is 16.3 Å². The lowest BCUT2D eigenvalue weighted by Crippen LogP contribution is -2.38. The molecule has 0 unspecified atom stereocenters. The van der Waals surface area contributed by atoms with Gasteiger partial charge in [-0.25, -0.2) is 4.98 Å². The zero-order valence-electron chi connectivity index (χ0n) is 18.4. The molecule has 2 aromatic carbocycles. The Morgan fingerprint density at radius 3 is 2.50 bits per heavy atom. The van der Waals surface area contributed by atoms with Crippen LogP contribution in [0.1, 0.15) is 19.4 Å². The number of nitrogens with zero attached hydrogens (tertiary/aromatic N) is 4. The summed E-state index contributed by atoms with van der Waals surface area (Å²) in [6, 6.07) is 11.7. The predicted molar refractivity (Wildman–Crippen MR) is 128 cm³/mol. The summed E-state index contributed by atoms with van der Waals surface area (Å²) in [5, 5.41) is 11.4. The molecule has 3 aromatic rings. The molecule has 0 aliphatic heterocycles. The van der Waals surface area contributed by atoms with E-state index in [0.717, 1.165) is 29.9 Å². The summed E-state index contributed by atoms with van der Waals surface area (Å²) in [5.74, 6) is 0.523. The predicted octanol–water partition coefficient (Wildman–Crippen LogP) is 4.60. The third kappa shape index (κ3) is 5.68. The molecular formula is C23H26N4O4S. The number of benzene rings is 2. The van der Waals surface area contributed by atoms with E-state index in [1.165, 1.54) is 29.5 Å². The first-order chi connectivity index (χ1) is 15.4. The van der Waals surface area contributed by atoms with Crippen LogP contribution in [0, 0.1) is 10.1 Å². The molecule has 0 aliphatic carbocycles. The number of fused-ring (bicyclic) bond motifs is 1. The molecule has 0 saturated heterocycles. The summed E-state index contributed by atoms with van der Waals surface area (Å²) in [7, 11) is 1.61. The second-order valence-corrected chi connectivity index (χ2v) is 8.04. The lowest BCUT2D eigenvalue weighted by atomic mass is 10.2. The fourth-order valence-electron chi connectivity index (χ4n) is 3.18. The number of anilines is 1. The third-order valence-electron chi connectivity index (χ3n) is 5.14. The van der Waals surface area contributed by atoms with Gasteiger partial charge in [-0.15, -0.1) is 0 Å². The molecule has 1 heterocycles. The van der Waals surface area contributed by atoms with Crippen molar-refractivity contribution in [3.8, 4) is 5.75 Å². The van der Waals surface area contributed by atoms with Crippen molar-refractivity contribution < 1.29 is 14.5 Å². The highest BCUT2D eigenvalue weighted by Crippen LogP contribution is 2.31. The third-order valence-corrected chi connectivity index (χ3v) is 6.20. The highest BCUT2D eigenvalue weighted by molar-refractivity contribution is 7.22. The summed E-state index contributed by atoms with van der Waals surface area (Å²) in [6.07, 6.45) is 3.14. The number of carbonyl (C=O) groups is 1. The van der Waals surface area contributed by atoms with Crippen molar-refractivity contribution in [3.63, 3.8) is 0 Å². The van der Waals surface area contributed by atoms with Gasteiger partial charge in [0.1, 0.15) is 5.75 Å². The Balaban J connectivity index is 1.85. The van der Waals surface area contributed by atoms with E-state index in [0.29, 0.717) is 23.0 Å². The summed E-state index contributed by atoms with van der Waals surface area (Å²) in [4.78, 5) is 32.1. The van der Waals surface area contributed by atoms with E-state index < -0.39 is 4.92 Å². The average Bonchev–Trinajstić information content (AvgIpc) is 3.23. The summed E-state index contributed by atoms with van der Waals surface area (Å²) < 4.78 is 6.26. The molecule has 0 saturated carbocycles. The first-order valence-corrected chi connectivity index (χ1v) is 11.2. The van der Waals surface area contributed by atoms with Crippen LogP contribution in [0.2, 0.25) is 0 Å². The highest BCUT2D eigenvalue weighted by Gasteiger charge is 2.19. The first-order valence-electron chi connectivity index (χ1n) is 10.4. The number of aromatic nitrogens is 1. The molecule has 9 heteroatoms. The van der Waals surface area contributed by atoms with Crippen molar-refractivity contribution in [2.45, 2.75) is 13.8 Å². The zero-order valence-corrected chi connectivity index (χ0v) is 19.2. The van der Waals surface area contributed by atoms with E-state index in [1.807, 2.05) is 18.2 Å². The standard InChI is InChI=1S/C23H26N4O4S/c1-4-25(5-2)14-15-26(23-24-20-16-19(31-3)11-12-21(20)32-23)22(28)13-8-17-6-9-18(10-7-17)27(29)30/h6-13,16H,4-5,14-15H2,1-3H3/b13-8-. The van der Waals surface area contributed by atoms with Gasteiger partial charge in [0.25, 0.3) is 11.6 Å². The second kappa shape index (κ2) is 10.8. The number of nitro benzene ring substituents is 1. The minimum atomic E-state index is -0.449. The van der Waals surface area contributed by atoms with Crippen LogP contribution in [0.15, 0.2) is 48.5 Å². The lowest BCUT2D eigenvalue weighted by molar-refractivity contribution is -0.384. The number of non-ortho nitro benzene ring substituents is 1. The van der Waals surface area contributed by atoms with Gasteiger partial charge in [0.15, 0.2) is 5.13 Å². The number of hydrogen-bond acceptors (Lipinski definition) is 7. The van der Waals surface area contributed by atoms with Gasteiger partial charge < -0.3 is 9.64 Å². The molecule has 0 spiro atoms. The maximum Gasteiger partial charge on any atom is 0.269 e. The number of nitro groups is 1. The number of rotatable bonds is 10. The van der Waals surface area contributed by atoms with Crippen LogP contribution >= 0.6 is 11.3 Å².